The van der Waals surface area contributed by atoms with Crippen molar-refractivity contribution in [2.45, 2.75) is 38.3 Å². The summed E-state index contributed by atoms with van der Waals surface area (Å²) in [5.74, 6) is 1.02. The first-order valence-electron chi connectivity index (χ1n) is 6.05. The number of guanidine groups is 1. The molecule has 4 N–H and O–H groups in total. The second-order valence-corrected chi connectivity index (χ2v) is 4.37. The first-order valence-corrected chi connectivity index (χ1v) is 6.05. The molecule has 0 aliphatic heterocycles. The van der Waals surface area contributed by atoms with Gasteiger partial charge in [0.2, 0.25) is 0 Å². The quantitative estimate of drug-likeness (QED) is 0.615. The van der Waals surface area contributed by atoms with Gasteiger partial charge in [0.15, 0.2) is 5.96 Å². The van der Waals surface area contributed by atoms with Gasteiger partial charge < -0.3 is 16.2 Å². The van der Waals surface area contributed by atoms with Gasteiger partial charge in [0, 0.05) is 5.56 Å². The van der Waals surface area contributed by atoms with Crippen molar-refractivity contribution < 1.29 is 4.74 Å². The number of aliphatic imine (C=N–C) groups is 1. The van der Waals surface area contributed by atoms with Crippen molar-refractivity contribution in [2.75, 3.05) is 0 Å². The average Bonchev–Trinajstić information content (AvgIpc) is 2.80. The summed E-state index contributed by atoms with van der Waals surface area (Å²) in [6.07, 6.45) is 5.18. The van der Waals surface area contributed by atoms with Crippen molar-refractivity contribution in [3.63, 3.8) is 0 Å². The molecule has 2 rings (SSSR count). The van der Waals surface area contributed by atoms with Crippen LogP contribution in [0.3, 0.4) is 0 Å². The van der Waals surface area contributed by atoms with Crippen molar-refractivity contribution in [3.8, 4) is 5.75 Å². The monoisotopic (exact) mass is 233 g/mol. The zero-order valence-electron chi connectivity index (χ0n) is 9.93. The zero-order chi connectivity index (χ0) is 12.1. The van der Waals surface area contributed by atoms with Crippen LogP contribution in [0, 0.1) is 0 Å². The molecule has 0 saturated heterocycles. The molecule has 1 aliphatic carbocycles. The maximum absolute atomic E-state index is 5.99. The van der Waals surface area contributed by atoms with E-state index in [1.54, 1.807) is 0 Å². The highest BCUT2D eigenvalue weighted by Gasteiger charge is 2.17. The van der Waals surface area contributed by atoms with Gasteiger partial charge in [-0.2, -0.15) is 0 Å². The molecule has 1 saturated carbocycles. The van der Waals surface area contributed by atoms with Crippen LogP contribution in [0.5, 0.6) is 5.75 Å². The maximum Gasteiger partial charge on any atom is 0.186 e. The van der Waals surface area contributed by atoms with E-state index in [-0.39, 0.29) is 5.96 Å². The van der Waals surface area contributed by atoms with E-state index in [4.69, 9.17) is 16.2 Å². The number of rotatable bonds is 4. The summed E-state index contributed by atoms with van der Waals surface area (Å²) in [7, 11) is 0. The Balaban J connectivity index is 2.06. The Hall–Kier alpha value is -1.71. The van der Waals surface area contributed by atoms with E-state index < -0.39 is 0 Å². The zero-order valence-corrected chi connectivity index (χ0v) is 9.93. The second kappa shape index (κ2) is 5.57. The minimum Gasteiger partial charge on any atom is -0.490 e. The maximum atomic E-state index is 5.99. The fourth-order valence-electron chi connectivity index (χ4n) is 2.11. The largest absolute Gasteiger partial charge is 0.490 e. The Kier molecular flexibility index (Phi) is 3.85. The molecule has 0 spiro atoms. The lowest BCUT2D eigenvalue weighted by Gasteiger charge is -2.15. The molecule has 0 amide bonds. The SMILES string of the molecule is NC(N)=NCc1ccccc1OC1CCCC1. The molecule has 0 aromatic heterocycles. The van der Waals surface area contributed by atoms with Crippen LogP contribution in [-0.4, -0.2) is 12.1 Å². The van der Waals surface area contributed by atoms with Crippen LogP contribution in [0.4, 0.5) is 0 Å². The molecular formula is C13H19N3O. The third kappa shape index (κ3) is 3.37. The molecular weight excluding hydrogens is 214 g/mol. The molecule has 4 heteroatoms. The van der Waals surface area contributed by atoms with Crippen LogP contribution in [0.2, 0.25) is 0 Å². The number of para-hydroxylation sites is 1. The molecule has 4 nitrogen and oxygen atoms in total. The third-order valence-electron chi connectivity index (χ3n) is 3.00. The molecule has 0 unspecified atom stereocenters. The molecule has 92 valence electrons. The van der Waals surface area contributed by atoms with E-state index in [0.29, 0.717) is 12.6 Å². The summed E-state index contributed by atoms with van der Waals surface area (Å²) in [6.45, 7) is 0.477. The fourth-order valence-corrected chi connectivity index (χ4v) is 2.11. The minimum absolute atomic E-state index is 0.112. The average molecular weight is 233 g/mol. The van der Waals surface area contributed by atoms with Gasteiger partial charge in [0.25, 0.3) is 0 Å². The van der Waals surface area contributed by atoms with Crippen LogP contribution in [0.25, 0.3) is 0 Å². The lowest BCUT2D eigenvalue weighted by atomic mass is 10.2. The predicted octanol–water partition coefficient (Wildman–Crippen LogP) is 1.78. The van der Waals surface area contributed by atoms with Crippen molar-refractivity contribution in [3.05, 3.63) is 29.8 Å². The summed E-state index contributed by atoms with van der Waals surface area (Å²) in [6, 6.07) is 7.93. The Morgan fingerprint density at radius 2 is 1.94 bits per heavy atom. The summed E-state index contributed by atoms with van der Waals surface area (Å²) in [4.78, 5) is 4.02. The molecule has 1 aliphatic rings. The number of nitrogens with zero attached hydrogens (tertiary/aromatic N) is 1. The molecule has 0 radical (unpaired) electrons. The Morgan fingerprint density at radius 1 is 1.24 bits per heavy atom. The van der Waals surface area contributed by atoms with E-state index in [1.807, 2.05) is 24.3 Å². The van der Waals surface area contributed by atoms with Gasteiger partial charge in [-0.15, -0.1) is 0 Å². The standard InChI is InChI=1S/C13H19N3O/c14-13(15)16-9-10-5-1-4-8-12(10)17-11-6-2-3-7-11/h1,4-5,8,11H,2-3,6-7,9H2,(H4,14,15,16). The number of nitrogens with two attached hydrogens (primary N) is 2. The van der Waals surface area contributed by atoms with Gasteiger partial charge >= 0.3 is 0 Å². The minimum atomic E-state index is 0.112. The van der Waals surface area contributed by atoms with Crippen molar-refractivity contribution in [1.29, 1.82) is 0 Å². The van der Waals surface area contributed by atoms with E-state index in [0.717, 1.165) is 24.2 Å². The molecule has 0 atom stereocenters. The van der Waals surface area contributed by atoms with Crippen LogP contribution < -0.4 is 16.2 Å². The Bertz CT molecular complexity index is 393. The summed E-state index contributed by atoms with van der Waals surface area (Å²) < 4.78 is 5.99. The lowest BCUT2D eigenvalue weighted by Crippen LogP contribution is -2.22. The molecule has 0 heterocycles. The summed E-state index contributed by atoms with van der Waals surface area (Å²) in [5, 5.41) is 0. The predicted molar refractivity (Wildman–Crippen MR) is 68.8 cm³/mol. The van der Waals surface area contributed by atoms with Crippen molar-refractivity contribution in [2.24, 2.45) is 16.5 Å². The number of benzene rings is 1. The Morgan fingerprint density at radius 3 is 2.65 bits per heavy atom. The van der Waals surface area contributed by atoms with Gasteiger partial charge in [0.1, 0.15) is 5.75 Å². The van der Waals surface area contributed by atoms with E-state index in [9.17, 15) is 0 Å². The summed E-state index contributed by atoms with van der Waals surface area (Å²) in [5.41, 5.74) is 11.7. The number of hydrogen-bond donors (Lipinski definition) is 2. The topological polar surface area (TPSA) is 73.6 Å². The smallest absolute Gasteiger partial charge is 0.186 e. The Labute approximate surface area is 102 Å². The van der Waals surface area contributed by atoms with Crippen molar-refractivity contribution in [1.82, 2.24) is 0 Å². The first kappa shape index (κ1) is 11.8. The number of ether oxygens (including phenoxy) is 1. The van der Waals surface area contributed by atoms with Gasteiger partial charge in [-0.05, 0) is 31.7 Å². The van der Waals surface area contributed by atoms with E-state index >= 15 is 0 Å². The molecule has 0 bridgehead atoms. The summed E-state index contributed by atoms with van der Waals surface area (Å²) >= 11 is 0. The van der Waals surface area contributed by atoms with E-state index in [2.05, 4.69) is 4.99 Å². The first-order chi connectivity index (χ1) is 8.25. The van der Waals surface area contributed by atoms with Gasteiger partial charge in [-0.1, -0.05) is 18.2 Å². The van der Waals surface area contributed by atoms with Gasteiger partial charge in [-0.25, -0.2) is 4.99 Å². The highest BCUT2D eigenvalue weighted by Crippen LogP contribution is 2.26. The van der Waals surface area contributed by atoms with Crippen LogP contribution in [0.1, 0.15) is 31.2 Å². The van der Waals surface area contributed by atoms with E-state index in [1.165, 1.54) is 12.8 Å². The lowest BCUT2D eigenvalue weighted by molar-refractivity contribution is 0.208. The highest BCUT2D eigenvalue weighted by atomic mass is 16.5. The van der Waals surface area contributed by atoms with Crippen LogP contribution >= 0.6 is 0 Å². The van der Waals surface area contributed by atoms with Gasteiger partial charge in [0.05, 0.1) is 12.6 Å². The number of hydrogen-bond acceptors (Lipinski definition) is 2. The van der Waals surface area contributed by atoms with Gasteiger partial charge in [-0.3, -0.25) is 0 Å². The fraction of sp³-hybridized carbons (Fsp3) is 0.462. The van der Waals surface area contributed by atoms with Crippen LogP contribution in [0.15, 0.2) is 29.3 Å². The van der Waals surface area contributed by atoms with Crippen LogP contribution in [-0.2, 0) is 6.54 Å². The molecule has 1 aromatic rings. The van der Waals surface area contributed by atoms with Crippen molar-refractivity contribution >= 4 is 5.96 Å². The highest BCUT2D eigenvalue weighted by molar-refractivity contribution is 5.75. The second-order valence-electron chi connectivity index (χ2n) is 4.37. The molecule has 1 aromatic carbocycles. The molecule has 1 fully saturated rings. The third-order valence-corrected chi connectivity index (χ3v) is 3.00. The normalized spacial score (nSPS) is 15.8. The molecule has 17 heavy (non-hydrogen) atoms.